The van der Waals surface area contributed by atoms with Gasteiger partial charge in [0, 0.05) is 34.6 Å². The fourth-order valence-electron chi connectivity index (χ4n) is 6.30. The molecular formula is C38H41Cl2N3O4S. The molecular weight excluding hydrogens is 665 g/mol. The lowest BCUT2D eigenvalue weighted by molar-refractivity contribution is -0.140. The van der Waals surface area contributed by atoms with E-state index < -0.39 is 28.5 Å². The quantitative estimate of drug-likeness (QED) is 0.162. The lowest BCUT2D eigenvalue weighted by atomic mass is 9.94. The fourth-order valence-corrected chi connectivity index (χ4v) is 8.23. The summed E-state index contributed by atoms with van der Waals surface area (Å²) in [5.41, 5.74) is 3.37. The van der Waals surface area contributed by atoms with E-state index in [0.29, 0.717) is 21.3 Å². The van der Waals surface area contributed by atoms with Gasteiger partial charge in [0.05, 0.1) is 10.6 Å². The Morgan fingerprint density at radius 3 is 2.00 bits per heavy atom. The van der Waals surface area contributed by atoms with Gasteiger partial charge < -0.3 is 10.2 Å². The number of carbonyl (C=O) groups excluding carboxylic acids is 2. The molecule has 0 unspecified atom stereocenters. The molecule has 10 heteroatoms. The molecule has 252 valence electrons. The summed E-state index contributed by atoms with van der Waals surface area (Å²) in [7, 11) is -4.20. The molecule has 1 N–H and O–H groups in total. The number of nitrogens with one attached hydrogen (secondary N) is 1. The van der Waals surface area contributed by atoms with Gasteiger partial charge >= 0.3 is 0 Å². The molecule has 1 saturated carbocycles. The number of hydrogen-bond acceptors (Lipinski definition) is 4. The monoisotopic (exact) mass is 705 g/mol. The Bertz CT molecular complexity index is 1790. The number of amides is 2. The van der Waals surface area contributed by atoms with Crippen molar-refractivity contribution in [3.8, 4) is 0 Å². The maximum absolute atomic E-state index is 14.8. The van der Waals surface area contributed by atoms with Crippen molar-refractivity contribution >= 4 is 50.7 Å². The van der Waals surface area contributed by atoms with E-state index in [-0.39, 0.29) is 29.8 Å². The summed E-state index contributed by atoms with van der Waals surface area (Å²) in [6, 6.07) is 27.0. The molecule has 0 aromatic heterocycles. The zero-order valence-corrected chi connectivity index (χ0v) is 29.6. The van der Waals surface area contributed by atoms with Crippen LogP contribution in [0.15, 0.2) is 102 Å². The average Bonchev–Trinajstić information content (AvgIpc) is 3.07. The van der Waals surface area contributed by atoms with E-state index in [2.05, 4.69) is 5.32 Å². The number of aryl methyl sites for hydroxylation is 2. The molecule has 0 bridgehead atoms. The van der Waals surface area contributed by atoms with Gasteiger partial charge in [-0.1, -0.05) is 103 Å². The van der Waals surface area contributed by atoms with Crippen molar-refractivity contribution in [3.63, 3.8) is 0 Å². The van der Waals surface area contributed by atoms with Crippen LogP contribution in [0, 0.1) is 13.8 Å². The maximum Gasteiger partial charge on any atom is 0.264 e. The number of anilines is 1. The molecule has 4 aromatic carbocycles. The summed E-state index contributed by atoms with van der Waals surface area (Å²) in [5.74, 6) is -0.865. The Morgan fingerprint density at radius 1 is 0.812 bits per heavy atom. The largest absolute Gasteiger partial charge is 0.352 e. The van der Waals surface area contributed by atoms with Crippen LogP contribution in [0.25, 0.3) is 0 Å². The highest BCUT2D eigenvalue weighted by molar-refractivity contribution is 7.92. The molecule has 0 saturated heterocycles. The van der Waals surface area contributed by atoms with Crippen LogP contribution in [0.2, 0.25) is 10.0 Å². The zero-order chi connectivity index (χ0) is 34.3. The van der Waals surface area contributed by atoms with Crippen molar-refractivity contribution < 1.29 is 18.0 Å². The number of nitrogens with zero attached hydrogens (tertiary/aromatic N) is 2. The predicted octanol–water partition coefficient (Wildman–Crippen LogP) is 7.89. The second kappa shape index (κ2) is 16.0. The Labute approximate surface area is 293 Å². The van der Waals surface area contributed by atoms with E-state index >= 15 is 0 Å². The third-order valence-corrected chi connectivity index (χ3v) is 11.2. The second-order valence-corrected chi connectivity index (χ2v) is 15.1. The Balaban J connectivity index is 1.60. The van der Waals surface area contributed by atoms with Gasteiger partial charge in [0.25, 0.3) is 10.0 Å². The highest BCUT2D eigenvalue weighted by Crippen LogP contribution is 2.30. The third kappa shape index (κ3) is 8.78. The van der Waals surface area contributed by atoms with E-state index in [4.69, 9.17) is 23.2 Å². The minimum atomic E-state index is -4.20. The van der Waals surface area contributed by atoms with E-state index in [9.17, 15) is 18.0 Å². The zero-order valence-electron chi connectivity index (χ0n) is 27.2. The summed E-state index contributed by atoms with van der Waals surface area (Å²) < 4.78 is 29.7. The van der Waals surface area contributed by atoms with E-state index in [1.54, 1.807) is 48.5 Å². The van der Waals surface area contributed by atoms with Crippen LogP contribution < -0.4 is 9.62 Å². The lowest BCUT2D eigenvalue weighted by Crippen LogP contribution is -2.55. The summed E-state index contributed by atoms with van der Waals surface area (Å²) >= 11 is 13.3. The number of benzene rings is 4. The van der Waals surface area contributed by atoms with Crippen molar-refractivity contribution in [1.82, 2.24) is 10.2 Å². The standard InChI is InChI=1S/C38H41Cl2N3O4S/c1-27-21-28(2)23-31(22-27)43(48(46,47)32-17-10-5-11-18-32)26-37(44)42(25-33-34(39)19-12-20-35(33)40)36(24-29-13-6-3-7-14-29)38(45)41-30-15-8-4-9-16-30/h3,5-7,10-14,17-23,30,36H,4,8-9,15-16,24-26H2,1-2H3,(H,41,45)/t36-/m1/s1. The Kier molecular flexibility index (Phi) is 11.8. The third-order valence-electron chi connectivity index (χ3n) is 8.72. The van der Waals surface area contributed by atoms with Gasteiger partial charge in [-0.15, -0.1) is 0 Å². The number of sulfonamides is 1. The molecule has 48 heavy (non-hydrogen) atoms. The lowest BCUT2D eigenvalue weighted by Gasteiger charge is -2.35. The van der Waals surface area contributed by atoms with Crippen molar-refractivity contribution in [3.05, 3.63) is 129 Å². The first kappa shape index (κ1) is 35.5. The Morgan fingerprint density at radius 2 is 1.40 bits per heavy atom. The van der Waals surface area contributed by atoms with E-state index in [1.165, 1.54) is 17.0 Å². The van der Waals surface area contributed by atoms with Crippen LogP contribution in [-0.2, 0) is 32.6 Å². The summed E-state index contributed by atoms with van der Waals surface area (Å²) in [6.07, 6.45) is 5.11. The van der Waals surface area contributed by atoms with Crippen LogP contribution in [0.1, 0.15) is 54.4 Å². The van der Waals surface area contributed by atoms with Gasteiger partial charge in [0.2, 0.25) is 11.8 Å². The molecule has 0 spiro atoms. The molecule has 7 nitrogen and oxygen atoms in total. The molecule has 1 aliphatic rings. The normalized spacial score (nSPS) is 14.2. The summed E-state index contributed by atoms with van der Waals surface area (Å²) in [5, 5.41) is 3.90. The first-order chi connectivity index (χ1) is 23.0. The van der Waals surface area contributed by atoms with Crippen molar-refractivity contribution in [2.24, 2.45) is 0 Å². The van der Waals surface area contributed by atoms with E-state index in [0.717, 1.165) is 53.1 Å². The molecule has 1 atom stereocenters. The smallest absolute Gasteiger partial charge is 0.264 e. The van der Waals surface area contributed by atoms with Crippen LogP contribution in [-0.4, -0.2) is 43.8 Å². The van der Waals surface area contributed by atoms with Crippen LogP contribution in [0.5, 0.6) is 0 Å². The SMILES string of the molecule is Cc1cc(C)cc(N(CC(=O)N(Cc2c(Cl)cccc2Cl)[C@H](Cc2ccccc2)C(=O)NC2CCCCC2)S(=O)(=O)c2ccccc2)c1. The van der Waals surface area contributed by atoms with Gasteiger partial charge in [-0.2, -0.15) is 0 Å². The minimum Gasteiger partial charge on any atom is -0.352 e. The number of rotatable bonds is 12. The highest BCUT2D eigenvalue weighted by atomic mass is 35.5. The molecule has 0 heterocycles. The van der Waals surface area contributed by atoms with Crippen LogP contribution in [0.4, 0.5) is 5.69 Å². The number of carbonyl (C=O) groups is 2. The van der Waals surface area contributed by atoms with Gasteiger partial charge in [-0.05, 0) is 79.8 Å². The molecule has 1 aliphatic carbocycles. The molecule has 5 rings (SSSR count). The maximum atomic E-state index is 14.8. The first-order valence-corrected chi connectivity index (χ1v) is 18.5. The van der Waals surface area contributed by atoms with E-state index in [1.807, 2.05) is 50.2 Å². The topological polar surface area (TPSA) is 86.8 Å². The van der Waals surface area contributed by atoms with Crippen LogP contribution >= 0.6 is 23.2 Å². The Hall–Kier alpha value is -3.85. The van der Waals surface area contributed by atoms with Gasteiger partial charge in [-0.25, -0.2) is 8.42 Å². The van der Waals surface area contributed by atoms with Crippen molar-refractivity contribution in [2.75, 3.05) is 10.8 Å². The first-order valence-electron chi connectivity index (χ1n) is 16.3. The predicted molar refractivity (Wildman–Crippen MR) is 193 cm³/mol. The molecule has 0 radical (unpaired) electrons. The van der Waals surface area contributed by atoms with Crippen LogP contribution in [0.3, 0.4) is 0 Å². The number of hydrogen-bond donors (Lipinski definition) is 1. The molecule has 2 amide bonds. The summed E-state index contributed by atoms with van der Waals surface area (Å²) in [6.45, 7) is 3.11. The molecule has 0 aliphatic heterocycles. The van der Waals surface area contributed by atoms with Gasteiger partial charge in [0.15, 0.2) is 0 Å². The summed E-state index contributed by atoms with van der Waals surface area (Å²) in [4.78, 5) is 30.6. The second-order valence-electron chi connectivity index (χ2n) is 12.4. The fraction of sp³-hybridized carbons (Fsp3) is 0.316. The molecule has 1 fully saturated rings. The minimum absolute atomic E-state index is 0.00407. The van der Waals surface area contributed by atoms with Gasteiger partial charge in [-0.3, -0.25) is 13.9 Å². The average molecular weight is 707 g/mol. The van der Waals surface area contributed by atoms with Crippen molar-refractivity contribution in [1.29, 1.82) is 0 Å². The van der Waals surface area contributed by atoms with Gasteiger partial charge in [0.1, 0.15) is 12.6 Å². The molecule has 4 aromatic rings. The van der Waals surface area contributed by atoms with Crippen molar-refractivity contribution in [2.45, 2.75) is 75.9 Å². The highest BCUT2D eigenvalue weighted by Gasteiger charge is 2.36. The number of halogens is 2.